The smallest absolute Gasteiger partial charge is 0.177 e. The van der Waals surface area contributed by atoms with Gasteiger partial charge in [0.2, 0.25) is 0 Å². The molecule has 1 N–H and O–H groups in total. The van der Waals surface area contributed by atoms with E-state index in [2.05, 4.69) is 46.8 Å². The highest BCUT2D eigenvalue weighted by molar-refractivity contribution is 7.71. The Morgan fingerprint density at radius 1 is 1.15 bits per heavy atom. The van der Waals surface area contributed by atoms with Crippen molar-refractivity contribution in [3.63, 3.8) is 0 Å². The molecule has 0 bridgehead atoms. The Hall–Kier alpha value is -1.35. The largest absolute Gasteiger partial charge is 0.337 e. The van der Waals surface area contributed by atoms with Crippen LogP contribution in [0.2, 0.25) is 0 Å². The Labute approximate surface area is 125 Å². The number of benzene rings is 1. The summed E-state index contributed by atoms with van der Waals surface area (Å²) < 4.78 is 3.13. The number of rotatable bonds is 3. The molecule has 0 saturated heterocycles. The molecular weight excluding hydrogens is 264 g/mol. The molecule has 0 spiro atoms. The minimum Gasteiger partial charge on any atom is -0.337 e. The fraction of sp³-hybridized carbons (Fsp3) is 0.471. The third kappa shape index (κ3) is 2.88. The Kier molecular flexibility index (Phi) is 4.06. The predicted molar refractivity (Wildman–Crippen MR) is 86.2 cm³/mol. The van der Waals surface area contributed by atoms with Crippen LogP contribution in [0.1, 0.15) is 32.6 Å². The molecule has 2 nitrogen and oxygen atoms in total. The second kappa shape index (κ2) is 5.96. The molecule has 3 rings (SSSR count). The van der Waals surface area contributed by atoms with Gasteiger partial charge >= 0.3 is 0 Å². The van der Waals surface area contributed by atoms with Crippen molar-refractivity contribution in [2.75, 3.05) is 0 Å². The number of H-pyrrole nitrogens is 1. The highest BCUT2D eigenvalue weighted by Gasteiger charge is 2.20. The first-order chi connectivity index (χ1) is 9.74. The van der Waals surface area contributed by atoms with E-state index < -0.39 is 0 Å². The summed E-state index contributed by atoms with van der Waals surface area (Å²) in [5, 5.41) is 0. The van der Waals surface area contributed by atoms with Crippen molar-refractivity contribution in [2.45, 2.75) is 39.2 Å². The summed E-state index contributed by atoms with van der Waals surface area (Å²) in [7, 11) is 0. The number of hydrogen-bond donors (Lipinski definition) is 1. The van der Waals surface area contributed by atoms with E-state index >= 15 is 0 Å². The normalized spacial score (nSPS) is 22.9. The predicted octanol–water partition coefficient (Wildman–Crippen LogP) is 5.04. The van der Waals surface area contributed by atoms with E-state index in [1.165, 1.54) is 36.9 Å². The van der Waals surface area contributed by atoms with Gasteiger partial charge in [-0.05, 0) is 42.5 Å². The van der Waals surface area contributed by atoms with Gasteiger partial charge in [-0.1, -0.05) is 50.1 Å². The fourth-order valence-corrected chi connectivity index (χ4v) is 3.43. The SMILES string of the molecule is CC1CCC(Cn2c(-c3ccccc3)c[nH]c2=S)CC1. The third-order valence-corrected chi connectivity index (χ3v) is 4.85. The Balaban J connectivity index is 1.83. The van der Waals surface area contributed by atoms with E-state index in [1.54, 1.807) is 0 Å². The van der Waals surface area contributed by atoms with Gasteiger partial charge in [0.05, 0.1) is 5.69 Å². The number of nitrogens with one attached hydrogen (secondary N) is 1. The molecule has 1 heterocycles. The van der Waals surface area contributed by atoms with Crippen molar-refractivity contribution < 1.29 is 0 Å². The highest BCUT2D eigenvalue weighted by atomic mass is 32.1. The molecule has 1 aliphatic rings. The van der Waals surface area contributed by atoms with E-state index in [0.29, 0.717) is 0 Å². The van der Waals surface area contributed by atoms with E-state index in [1.807, 2.05) is 6.20 Å². The van der Waals surface area contributed by atoms with E-state index in [9.17, 15) is 0 Å². The minimum atomic E-state index is 0.774. The maximum atomic E-state index is 5.47. The number of imidazole rings is 1. The van der Waals surface area contributed by atoms with Gasteiger partial charge in [-0.25, -0.2) is 0 Å². The Bertz CT molecular complexity index is 603. The average Bonchev–Trinajstić information content (AvgIpc) is 2.84. The van der Waals surface area contributed by atoms with E-state index in [0.717, 1.165) is 23.2 Å². The summed E-state index contributed by atoms with van der Waals surface area (Å²) >= 11 is 5.47. The lowest BCUT2D eigenvalue weighted by Gasteiger charge is -2.27. The van der Waals surface area contributed by atoms with E-state index in [-0.39, 0.29) is 0 Å². The number of hydrogen-bond acceptors (Lipinski definition) is 1. The summed E-state index contributed by atoms with van der Waals surface area (Å²) in [5.74, 6) is 1.68. The van der Waals surface area contributed by atoms with Gasteiger partial charge in [0, 0.05) is 12.7 Å². The van der Waals surface area contributed by atoms with Crippen LogP contribution in [0.25, 0.3) is 11.3 Å². The molecule has 0 amide bonds. The van der Waals surface area contributed by atoms with Crippen LogP contribution in [0.4, 0.5) is 0 Å². The zero-order valence-corrected chi connectivity index (χ0v) is 12.8. The summed E-state index contributed by atoms with van der Waals surface area (Å²) in [6.45, 7) is 3.42. The zero-order chi connectivity index (χ0) is 13.9. The zero-order valence-electron chi connectivity index (χ0n) is 12.0. The number of nitrogens with zero attached hydrogens (tertiary/aromatic N) is 1. The minimum absolute atomic E-state index is 0.774. The van der Waals surface area contributed by atoms with Gasteiger partial charge in [-0.2, -0.15) is 0 Å². The number of aromatic amines is 1. The molecular formula is C17H22N2S. The van der Waals surface area contributed by atoms with Crippen molar-refractivity contribution in [1.82, 2.24) is 9.55 Å². The van der Waals surface area contributed by atoms with Crippen molar-refractivity contribution in [3.8, 4) is 11.3 Å². The van der Waals surface area contributed by atoms with Gasteiger partial charge in [0.15, 0.2) is 4.77 Å². The first-order valence-corrected chi connectivity index (χ1v) is 7.98. The summed E-state index contributed by atoms with van der Waals surface area (Å²) in [5.41, 5.74) is 2.46. The molecule has 1 aliphatic carbocycles. The molecule has 0 atom stereocenters. The van der Waals surface area contributed by atoms with Crippen LogP contribution < -0.4 is 0 Å². The Morgan fingerprint density at radius 3 is 2.55 bits per heavy atom. The van der Waals surface area contributed by atoms with Crippen molar-refractivity contribution >= 4 is 12.2 Å². The van der Waals surface area contributed by atoms with Crippen LogP contribution in [-0.2, 0) is 6.54 Å². The topological polar surface area (TPSA) is 20.7 Å². The van der Waals surface area contributed by atoms with Crippen molar-refractivity contribution in [2.24, 2.45) is 11.8 Å². The van der Waals surface area contributed by atoms with Crippen LogP contribution in [-0.4, -0.2) is 9.55 Å². The standard InChI is InChI=1S/C17H22N2S/c1-13-7-9-14(10-8-13)12-19-16(11-18-17(19)20)15-5-3-2-4-6-15/h2-6,11,13-14H,7-10,12H2,1H3,(H,18,20). The lowest BCUT2D eigenvalue weighted by Crippen LogP contribution is -2.18. The maximum absolute atomic E-state index is 5.47. The van der Waals surface area contributed by atoms with Gasteiger partial charge in [-0.15, -0.1) is 0 Å². The van der Waals surface area contributed by atoms with Crippen LogP contribution >= 0.6 is 12.2 Å². The third-order valence-electron chi connectivity index (χ3n) is 4.51. The molecule has 106 valence electrons. The lowest BCUT2D eigenvalue weighted by atomic mass is 9.83. The van der Waals surface area contributed by atoms with Gasteiger partial charge in [0.1, 0.15) is 0 Å². The molecule has 0 radical (unpaired) electrons. The van der Waals surface area contributed by atoms with Crippen molar-refractivity contribution in [3.05, 3.63) is 41.3 Å². The second-order valence-corrected chi connectivity index (χ2v) is 6.47. The number of aromatic nitrogens is 2. The fourth-order valence-electron chi connectivity index (χ4n) is 3.19. The quantitative estimate of drug-likeness (QED) is 0.784. The first kappa shape index (κ1) is 13.6. The van der Waals surface area contributed by atoms with Gasteiger partial charge in [-0.3, -0.25) is 0 Å². The highest BCUT2D eigenvalue weighted by Crippen LogP contribution is 2.30. The summed E-state index contributed by atoms with van der Waals surface area (Å²) in [6, 6.07) is 10.5. The first-order valence-electron chi connectivity index (χ1n) is 7.57. The van der Waals surface area contributed by atoms with Crippen LogP contribution in [0.15, 0.2) is 36.5 Å². The molecule has 1 aromatic heterocycles. The lowest BCUT2D eigenvalue weighted by molar-refractivity contribution is 0.265. The molecule has 3 heteroatoms. The molecule has 2 aromatic rings. The van der Waals surface area contributed by atoms with Gasteiger partial charge < -0.3 is 9.55 Å². The van der Waals surface area contributed by atoms with Crippen molar-refractivity contribution in [1.29, 1.82) is 0 Å². The average molecular weight is 286 g/mol. The Morgan fingerprint density at radius 2 is 1.85 bits per heavy atom. The van der Waals surface area contributed by atoms with Crippen LogP contribution in [0.3, 0.4) is 0 Å². The molecule has 0 unspecified atom stereocenters. The van der Waals surface area contributed by atoms with Gasteiger partial charge in [0.25, 0.3) is 0 Å². The van der Waals surface area contributed by atoms with Crippen LogP contribution in [0, 0.1) is 16.6 Å². The molecule has 0 aliphatic heterocycles. The van der Waals surface area contributed by atoms with E-state index in [4.69, 9.17) is 12.2 Å². The maximum Gasteiger partial charge on any atom is 0.177 e. The molecule has 1 aromatic carbocycles. The van der Waals surface area contributed by atoms with Crippen LogP contribution in [0.5, 0.6) is 0 Å². The summed E-state index contributed by atoms with van der Waals surface area (Å²) in [4.78, 5) is 3.21. The monoisotopic (exact) mass is 286 g/mol. The summed E-state index contributed by atoms with van der Waals surface area (Å²) in [6.07, 6.45) is 7.44. The second-order valence-electron chi connectivity index (χ2n) is 6.08. The molecule has 20 heavy (non-hydrogen) atoms. The molecule has 1 fully saturated rings. The molecule has 1 saturated carbocycles.